The summed E-state index contributed by atoms with van der Waals surface area (Å²) in [4.78, 5) is 18.9. The van der Waals surface area contributed by atoms with Gasteiger partial charge in [0, 0.05) is 51.9 Å². The van der Waals surface area contributed by atoms with Crippen LogP contribution in [0.5, 0.6) is 0 Å². The van der Waals surface area contributed by atoms with Crippen LogP contribution in [0.2, 0.25) is 0 Å². The van der Waals surface area contributed by atoms with Gasteiger partial charge >= 0.3 is 6.09 Å². The molecule has 0 bridgehead atoms. The Morgan fingerprint density at radius 1 is 1.30 bits per heavy atom. The van der Waals surface area contributed by atoms with Crippen molar-refractivity contribution in [2.24, 2.45) is 0 Å². The first-order valence-corrected chi connectivity index (χ1v) is 8.76. The lowest BCUT2D eigenvalue weighted by atomic mass is 10.2. The zero-order valence-electron chi connectivity index (χ0n) is 15.4. The average Bonchev–Trinajstić information content (AvgIpc) is 2.95. The van der Waals surface area contributed by atoms with E-state index < -0.39 is 5.60 Å². The standard InChI is InChI=1S/C17H33N3O3/c1-14(12-19-8-10-22-11-9-19)20-7-6-15(13-20)18(5)16(21)23-17(2,3)4/h14-15H,6-13H2,1-5H3/t14-,15+/m1/s1. The maximum absolute atomic E-state index is 12.2. The molecule has 2 heterocycles. The third-order valence-electron chi connectivity index (χ3n) is 4.67. The highest BCUT2D eigenvalue weighted by Gasteiger charge is 2.33. The van der Waals surface area contributed by atoms with Crippen molar-refractivity contribution in [2.45, 2.75) is 51.8 Å². The number of hydrogen-bond donors (Lipinski definition) is 0. The molecule has 0 aromatic rings. The minimum absolute atomic E-state index is 0.217. The Morgan fingerprint density at radius 3 is 2.57 bits per heavy atom. The van der Waals surface area contributed by atoms with Crippen molar-refractivity contribution in [1.29, 1.82) is 0 Å². The number of nitrogens with zero attached hydrogens (tertiary/aromatic N) is 3. The number of morpholine rings is 1. The normalized spacial score (nSPS) is 25.3. The first-order chi connectivity index (χ1) is 10.8. The van der Waals surface area contributed by atoms with Gasteiger partial charge in [0.2, 0.25) is 0 Å². The predicted octanol–water partition coefficient (Wildman–Crippen LogP) is 1.65. The summed E-state index contributed by atoms with van der Waals surface area (Å²) in [5, 5.41) is 0. The van der Waals surface area contributed by atoms with Crippen LogP contribution in [-0.4, -0.2) is 91.5 Å². The molecule has 0 radical (unpaired) electrons. The molecule has 2 fully saturated rings. The van der Waals surface area contributed by atoms with Crippen molar-refractivity contribution in [3.63, 3.8) is 0 Å². The first kappa shape index (κ1) is 18.5. The maximum Gasteiger partial charge on any atom is 0.410 e. The SMILES string of the molecule is C[C@H](CN1CCOCC1)N1CC[C@H](N(C)C(=O)OC(C)(C)C)C1. The molecule has 2 aliphatic rings. The Bertz CT molecular complexity index is 391. The molecule has 134 valence electrons. The van der Waals surface area contributed by atoms with E-state index in [-0.39, 0.29) is 12.1 Å². The van der Waals surface area contributed by atoms with Crippen LogP contribution >= 0.6 is 0 Å². The number of amides is 1. The fraction of sp³-hybridized carbons (Fsp3) is 0.941. The molecule has 2 aliphatic heterocycles. The van der Waals surface area contributed by atoms with Crippen molar-refractivity contribution in [3.05, 3.63) is 0 Å². The molecule has 0 aromatic carbocycles. The Labute approximate surface area is 140 Å². The van der Waals surface area contributed by atoms with Crippen molar-refractivity contribution in [1.82, 2.24) is 14.7 Å². The minimum atomic E-state index is -0.437. The summed E-state index contributed by atoms with van der Waals surface area (Å²) in [6, 6.07) is 0.752. The number of carbonyl (C=O) groups excluding carboxylic acids is 1. The molecular weight excluding hydrogens is 294 g/mol. The van der Waals surface area contributed by atoms with Gasteiger partial charge in [-0.25, -0.2) is 4.79 Å². The monoisotopic (exact) mass is 327 g/mol. The Hall–Kier alpha value is -0.850. The lowest BCUT2D eigenvalue weighted by molar-refractivity contribution is 0.0194. The van der Waals surface area contributed by atoms with Crippen LogP contribution in [0.1, 0.15) is 34.1 Å². The van der Waals surface area contributed by atoms with Gasteiger partial charge in [-0.1, -0.05) is 0 Å². The fourth-order valence-corrected chi connectivity index (χ4v) is 3.24. The second kappa shape index (κ2) is 7.81. The molecule has 2 atom stereocenters. The first-order valence-electron chi connectivity index (χ1n) is 8.76. The third-order valence-corrected chi connectivity index (χ3v) is 4.67. The van der Waals surface area contributed by atoms with Gasteiger partial charge in [0.1, 0.15) is 5.60 Å². The van der Waals surface area contributed by atoms with Crippen molar-refractivity contribution in [3.8, 4) is 0 Å². The second-order valence-electron chi connectivity index (χ2n) is 7.79. The van der Waals surface area contributed by atoms with Crippen LogP contribution < -0.4 is 0 Å². The van der Waals surface area contributed by atoms with Gasteiger partial charge in [0.25, 0.3) is 0 Å². The summed E-state index contributed by atoms with van der Waals surface area (Å²) in [7, 11) is 1.86. The molecule has 6 heteroatoms. The molecule has 0 aliphatic carbocycles. The number of likely N-dealkylation sites (tertiary alicyclic amines) is 1. The van der Waals surface area contributed by atoms with E-state index in [1.54, 1.807) is 4.90 Å². The number of likely N-dealkylation sites (N-methyl/N-ethyl adjacent to an activating group) is 1. The maximum atomic E-state index is 12.2. The minimum Gasteiger partial charge on any atom is -0.444 e. The van der Waals surface area contributed by atoms with Crippen LogP contribution in [0.4, 0.5) is 4.79 Å². The Morgan fingerprint density at radius 2 is 1.96 bits per heavy atom. The summed E-state index contributed by atoms with van der Waals surface area (Å²) in [5.41, 5.74) is -0.437. The molecule has 6 nitrogen and oxygen atoms in total. The van der Waals surface area contributed by atoms with Crippen molar-refractivity contribution < 1.29 is 14.3 Å². The largest absolute Gasteiger partial charge is 0.444 e. The lowest BCUT2D eigenvalue weighted by Crippen LogP contribution is -2.47. The van der Waals surface area contributed by atoms with Gasteiger partial charge in [-0.15, -0.1) is 0 Å². The van der Waals surface area contributed by atoms with E-state index in [9.17, 15) is 4.79 Å². The zero-order chi connectivity index (χ0) is 17.0. The molecule has 0 N–H and O–H groups in total. The van der Waals surface area contributed by atoms with Gasteiger partial charge in [-0.3, -0.25) is 9.80 Å². The molecule has 2 rings (SSSR count). The highest BCUT2D eigenvalue weighted by atomic mass is 16.6. The second-order valence-corrected chi connectivity index (χ2v) is 7.79. The van der Waals surface area contributed by atoms with Gasteiger partial charge in [0.05, 0.1) is 13.2 Å². The van der Waals surface area contributed by atoms with Crippen LogP contribution in [-0.2, 0) is 9.47 Å². The quantitative estimate of drug-likeness (QED) is 0.786. The van der Waals surface area contributed by atoms with Gasteiger partial charge < -0.3 is 14.4 Å². The predicted molar refractivity (Wildman–Crippen MR) is 90.7 cm³/mol. The average molecular weight is 327 g/mol. The van der Waals surface area contributed by atoms with Crippen molar-refractivity contribution >= 4 is 6.09 Å². The summed E-state index contributed by atoms with van der Waals surface area (Å²) in [6.45, 7) is 14.8. The Balaban J connectivity index is 1.79. The van der Waals surface area contributed by atoms with E-state index in [2.05, 4.69) is 16.7 Å². The van der Waals surface area contributed by atoms with Crippen LogP contribution in [0.3, 0.4) is 0 Å². The molecule has 1 amide bonds. The molecule has 0 saturated carbocycles. The molecule has 0 aromatic heterocycles. The molecular formula is C17H33N3O3. The van der Waals surface area contributed by atoms with Crippen molar-refractivity contribution in [2.75, 3.05) is 53.0 Å². The number of rotatable bonds is 4. The molecule has 0 unspecified atom stereocenters. The summed E-state index contributed by atoms with van der Waals surface area (Å²) >= 11 is 0. The van der Waals surface area contributed by atoms with E-state index in [1.807, 2.05) is 27.8 Å². The highest BCUT2D eigenvalue weighted by molar-refractivity contribution is 5.68. The van der Waals surface area contributed by atoms with E-state index in [4.69, 9.17) is 9.47 Å². The van der Waals surface area contributed by atoms with E-state index >= 15 is 0 Å². The summed E-state index contributed by atoms with van der Waals surface area (Å²) in [6.07, 6.45) is 0.800. The molecule has 0 spiro atoms. The number of hydrogen-bond acceptors (Lipinski definition) is 5. The van der Waals surface area contributed by atoms with Crippen LogP contribution in [0, 0.1) is 0 Å². The molecule has 23 heavy (non-hydrogen) atoms. The zero-order valence-corrected chi connectivity index (χ0v) is 15.4. The number of ether oxygens (including phenoxy) is 2. The summed E-state index contributed by atoms with van der Waals surface area (Å²) < 4.78 is 10.9. The number of carbonyl (C=O) groups is 1. The van der Waals surface area contributed by atoms with Gasteiger partial charge in [0.15, 0.2) is 0 Å². The third kappa shape index (κ3) is 5.62. The van der Waals surface area contributed by atoms with E-state index in [0.29, 0.717) is 6.04 Å². The van der Waals surface area contributed by atoms with Gasteiger partial charge in [-0.05, 0) is 34.1 Å². The van der Waals surface area contributed by atoms with E-state index in [1.165, 1.54) is 0 Å². The molecule has 2 saturated heterocycles. The van der Waals surface area contributed by atoms with E-state index in [0.717, 1.165) is 52.4 Å². The van der Waals surface area contributed by atoms with Crippen LogP contribution in [0.25, 0.3) is 0 Å². The fourth-order valence-electron chi connectivity index (χ4n) is 3.24. The highest BCUT2D eigenvalue weighted by Crippen LogP contribution is 2.20. The lowest BCUT2D eigenvalue weighted by Gasteiger charge is -2.33. The Kier molecular flexibility index (Phi) is 6.28. The topological polar surface area (TPSA) is 45.2 Å². The summed E-state index contributed by atoms with van der Waals surface area (Å²) in [5.74, 6) is 0. The van der Waals surface area contributed by atoms with Gasteiger partial charge in [-0.2, -0.15) is 0 Å². The van der Waals surface area contributed by atoms with Crippen LogP contribution in [0.15, 0.2) is 0 Å². The smallest absolute Gasteiger partial charge is 0.410 e.